The van der Waals surface area contributed by atoms with Gasteiger partial charge >= 0.3 is 0 Å². The zero-order chi connectivity index (χ0) is 28.8. The van der Waals surface area contributed by atoms with Crippen LogP contribution < -0.4 is 9.62 Å². The van der Waals surface area contributed by atoms with Crippen molar-refractivity contribution in [2.24, 2.45) is 0 Å². The molecule has 0 heterocycles. The molecule has 9 heteroatoms. The highest BCUT2D eigenvalue weighted by Gasteiger charge is 2.34. The number of aryl methyl sites for hydroxylation is 1. The maximum atomic E-state index is 14.0. The van der Waals surface area contributed by atoms with Gasteiger partial charge in [0.05, 0.1) is 10.6 Å². The van der Waals surface area contributed by atoms with Crippen molar-refractivity contribution in [1.82, 2.24) is 10.2 Å². The summed E-state index contributed by atoms with van der Waals surface area (Å²) in [5, 5.41) is 2.92. The van der Waals surface area contributed by atoms with E-state index in [1.54, 1.807) is 61.5 Å². The molecule has 0 aromatic heterocycles. The number of sulfonamides is 1. The SMILES string of the molecule is CC[C@@H](C(=O)NC(C)(C)C)N(Cc1ccc(F)cc1)C(=O)CN(c1ccccc1)S(=O)(=O)c1ccc(C)cc1. The van der Waals surface area contributed by atoms with Crippen LogP contribution >= 0.6 is 0 Å². The van der Waals surface area contributed by atoms with Crippen LogP contribution in [0.15, 0.2) is 83.8 Å². The van der Waals surface area contributed by atoms with Crippen molar-refractivity contribution in [2.75, 3.05) is 10.8 Å². The van der Waals surface area contributed by atoms with E-state index in [-0.39, 0.29) is 17.3 Å². The van der Waals surface area contributed by atoms with Gasteiger partial charge in [-0.3, -0.25) is 13.9 Å². The summed E-state index contributed by atoms with van der Waals surface area (Å²) in [4.78, 5) is 28.7. The van der Waals surface area contributed by atoms with E-state index in [0.29, 0.717) is 17.7 Å². The van der Waals surface area contributed by atoms with Crippen molar-refractivity contribution in [3.05, 3.63) is 95.8 Å². The second-order valence-electron chi connectivity index (χ2n) is 10.5. The van der Waals surface area contributed by atoms with Gasteiger partial charge in [0.1, 0.15) is 18.4 Å². The minimum atomic E-state index is -4.12. The van der Waals surface area contributed by atoms with Crippen molar-refractivity contribution in [1.29, 1.82) is 0 Å². The third kappa shape index (κ3) is 7.89. The van der Waals surface area contributed by atoms with Crippen molar-refractivity contribution in [2.45, 2.75) is 64.1 Å². The van der Waals surface area contributed by atoms with E-state index in [2.05, 4.69) is 5.32 Å². The highest BCUT2D eigenvalue weighted by atomic mass is 32.2. The standard InChI is InChI=1S/C30H36FN3O4S/c1-6-27(29(36)32-30(3,4)5)33(20-23-14-16-24(31)17-15-23)28(35)21-34(25-10-8-7-9-11-25)39(37,38)26-18-12-22(2)13-19-26/h7-19,27H,6,20-21H2,1-5H3,(H,32,36)/t27-/m0/s1. The van der Waals surface area contributed by atoms with Gasteiger partial charge in [-0.15, -0.1) is 0 Å². The average molecular weight is 554 g/mol. The molecule has 0 aliphatic carbocycles. The molecule has 1 atom stereocenters. The summed E-state index contributed by atoms with van der Waals surface area (Å²) in [5.74, 6) is -1.34. The summed E-state index contributed by atoms with van der Waals surface area (Å²) in [6.07, 6.45) is 0.297. The Morgan fingerprint density at radius 2 is 1.51 bits per heavy atom. The molecular weight excluding hydrogens is 517 g/mol. The zero-order valence-corrected chi connectivity index (χ0v) is 23.8. The normalized spacial score (nSPS) is 12.5. The molecule has 0 saturated heterocycles. The van der Waals surface area contributed by atoms with Crippen LogP contribution in [-0.2, 0) is 26.2 Å². The molecule has 1 N–H and O–H groups in total. The van der Waals surface area contributed by atoms with Gasteiger partial charge in [0.25, 0.3) is 10.0 Å². The van der Waals surface area contributed by atoms with E-state index in [1.807, 2.05) is 27.7 Å². The molecule has 0 aliphatic rings. The number of halogens is 1. The number of rotatable bonds is 10. The maximum absolute atomic E-state index is 14.0. The fourth-order valence-corrected chi connectivity index (χ4v) is 5.53. The number of nitrogens with zero attached hydrogens (tertiary/aromatic N) is 2. The van der Waals surface area contributed by atoms with E-state index in [1.165, 1.54) is 29.2 Å². The second-order valence-corrected chi connectivity index (χ2v) is 12.3. The zero-order valence-electron chi connectivity index (χ0n) is 23.0. The Labute approximate surface area is 230 Å². The first-order chi connectivity index (χ1) is 18.3. The number of carbonyl (C=O) groups excluding carboxylic acids is 2. The number of carbonyl (C=O) groups is 2. The molecule has 0 aliphatic heterocycles. The van der Waals surface area contributed by atoms with Crippen molar-refractivity contribution in [3.63, 3.8) is 0 Å². The van der Waals surface area contributed by atoms with Crippen molar-refractivity contribution in [3.8, 4) is 0 Å². The summed E-state index contributed by atoms with van der Waals surface area (Å²) >= 11 is 0. The molecule has 0 fully saturated rings. The summed E-state index contributed by atoms with van der Waals surface area (Å²) in [6, 6.07) is 19.6. The number of amides is 2. The van der Waals surface area contributed by atoms with Crippen molar-refractivity contribution >= 4 is 27.5 Å². The van der Waals surface area contributed by atoms with Gasteiger partial charge < -0.3 is 10.2 Å². The third-order valence-corrected chi connectivity index (χ3v) is 7.87. The molecule has 3 aromatic carbocycles. The Balaban J connectivity index is 2.04. The number of hydrogen-bond donors (Lipinski definition) is 1. The van der Waals surface area contributed by atoms with E-state index in [4.69, 9.17) is 0 Å². The van der Waals surface area contributed by atoms with Crippen LogP contribution in [0, 0.1) is 12.7 Å². The highest BCUT2D eigenvalue weighted by molar-refractivity contribution is 7.92. The molecule has 3 rings (SSSR count). The fourth-order valence-electron chi connectivity index (χ4n) is 4.12. The van der Waals surface area contributed by atoms with Gasteiger partial charge in [0.2, 0.25) is 11.8 Å². The lowest BCUT2D eigenvalue weighted by atomic mass is 10.1. The van der Waals surface area contributed by atoms with Gasteiger partial charge in [-0.25, -0.2) is 12.8 Å². The molecule has 0 saturated carbocycles. The topological polar surface area (TPSA) is 86.8 Å². The van der Waals surface area contributed by atoms with Crippen LogP contribution in [0.2, 0.25) is 0 Å². The van der Waals surface area contributed by atoms with E-state index < -0.39 is 39.9 Å². The Morgan fingerprint density at radius 3 is 2.05 bits per heavy atom. The quantitative estimate of drug-likeness (QED) is 0.381. The summed E-state index contributed by atoms with van der Waals surface area (Å²) in [6.45, 7) is 8.65. The number of benzene rings is 3. The Bertz CT molecular complexity index is 1370. The molecule has 0 spiro atoms. The number of nitrogens with one attached hydrogen (secondary N) is 1. The molecule has 2 amide bonds. The highest BCUT2D eigenvalue weighted by Crippen LogP contribution is 2.25. The molecule has 7 nitrogen and oxygen atoms in total. The number of para-hydroxylation sites is 1. The van der Waals surface area contributed by atoms with Crippen LogP contribution in [-0.4, -0.2) is 43.3 Å². The minimum Gasteiger partial charge on any atom is -0.350 e. The Morgan fingerprint density at radius 1 is 0.923 bits per heavy atom. The van der Waals surface area contributed by atoms with E-state index in [0.717, 1.165) is 9.87 Å². The first-order valence-electron chi connectivity index (χ1n) is 12.8. The van der Waals surface area contributed by atoms with Gasteiger partial charge in [-0.2, -0.15) is 0 Å². The Kier molecular flexibility index (Phi) is 9.50. The van der Waals surface area contributed by atoms with E-state index in [9.17, 15) is 22.4 Å². The average Bonchev–Trinajstić information content (AvgIpc) is 2.87. The van der Waals surface area contributed by atoms with Crippen LogP contribution in [0.1, 0.15) is 45.2 Å². The molecule has 208 valence electrons. The van der Waals surface area contributed by atoms with Crippen LogP contribution in [0.4, 0.5) is 10.1 Å². The monoisotopic (exact) mass is 553 g/mol. The third-order valence-electron chi connectivity index (χ3n) is 6.08. The first kappa shape index (κ1) is 29.8. The van der Waals surface area contributed by atoms with Gasteiger partial charge in [-0.1, -0.05) is 55.0 Å². The van der Waals surface area contributed by atoms with Crippen molar-refractivity contribution < 1.29 is 22.4 Å². The van der Waals surface area contributed by atoms with Gasteiger partial charge in [-0.05, 0) is 76.1 Å². The summed E-state index contributed by atoms with van der Waals surface area (Å²) < 4.78 is 42.2. The van der Waals surface area contributed by atoms with Gasteiger partial charge in [0.15, 0.2) is 0 Å². The maximum Gasteiger partial charge on any atom is 0.264 e. The lowest BCUT2D eigenvalue weighted by Gasteiger charge is -2.34. The molecular formula is C30H36FN3O4S. The largest absolute Gasteiger partial charge is 0.350 e. The molecule has 0 unspecified atom stereocenters. The summed E-state index contributed by atoms with van der Waals surface area (Å²) in [5.41, 5.74) is 1.29. The van der Waals surface area contributed by atoms with Crippen LogP contribution in [0.5, 0.6) is 0 Å². The Hall–Kier alpha value is -3.72. The van der Waals surface area contributed by atoms with Crippen LogP contribution in [0.3, 0.4) is 0 Å². The summed E-state index contributed by atoms with van der Waals surface area (Å²) in [7, 11) is -4.12. The molecule has 0 bridgehead atoms. The van der Waals surface area contributed by atoms with Gasteiger partial charge in [0, 0.05) is 12.1 Å². The molecule has 0 radical (unpaired) electrons. The number of anilines is 1. The smallest absolute Gasteiger partial charge is 0.264 e. The predicted molar refractivity (Wildman–Crippen MR) is 151 cm³/mol. The first-order valence-corrected chi connectivity index (χ1v) is 14.3. The predicted octanol–water partition coefficient (Wildman–Crippen LogP) is 5.05. The van der Waals surface area contributed by atoms with Crippen LogP contribution in [0.25, 0.3) is 0 Å². The lowest BCUT2D eigenvalue weighted by molar-refractivity contribution is -0.141. The van der Waals surface area contributed by atoms with E-state index >= 15 is 0 Å². The molecule has 39 heavy (non-hydrogen) atoms. The second kappa shape index (κ2) is 12.4. The minimum absolute atomic E-state index is 0.00237. The number of hydrogen-bond acceptors (Lipinski definition) is 4. The molecule has 3 aromatic rings. The fraction of sp³-hybridized carbons (Fsp3) is 0.333. The lowest BCUT2D eigenvalue weighted by Crippen LogP contribution is -2.55.